The van der Waals surface area contributed by atoms with Gasteiger partial charge < -0.3 is 24.3 Å². The third-order valence-electron chi connectivity index (χ3n) is 7.02. The smallest absolute Gasteiger partial charge is 0.287 e. The van der Waals surface area contributed by atoms with Crippen LogP contribution in [0.25, 0.3) is 6.08 Å². The lowest BCUT2D eigenvalue weighted by atomic mass is 9.90. The Balaban J connectivity index is 1.23. The molecule has 2 saturated heterocycles. The summed E-state index contributed by atoms with van der Waals surface area (Å²) in [5.41, 5.74) is 1.09. The number of carbonyl (C=O) groups is 2. The van der Waals surface area contributed by atoms with Crippen LogP contribution in [-0.2, 0) is 9.53 Å². The molecule has 8 nitrogen and oxygen atoms in total. The Hall–Kier alpha value is -2.45. The monoisotopic (exact) mass is 428 g/mol. The summed E-state index contributed by atoms with van der Waals surface area (Å²) in [6.45, 7) is 9.58. The van der Waals surface area contributed by atoms with Gasteiger partial charge in [-0.05, 0) is 63.4 Å². The van der Waals surface area contributed by atoms with E-state index in [2.05, 4.69) is 21.9 Å². The zero-order chi connectivity index (χ0) is 22.0. The van der Waals surface area contributed by atoms with Gasteiger partial charge in [-0.2, -0.15) is 0 Å². The first-order valence-electron chi connectivity index (χ1n) is 11.0. The van der Waals surface area contributed by atoms with Gasteiger partial charge in [-0.25, -0.2) is 0 Å². The Kier molecular flexibility index (Phi) is 6.29. The normalized spacial score (nSPS) is 25.7. The Bertz CT molecular complexity index is 869. The van der Waals surface area contributed by atoms with E-state index < -0.39 is 0 Å². The molecule has 0 bridgehead atoms. The summed E-state index contributed by atoms with van der Waals surface area (Å²) in [6.07, 6.45) is 6.10. The summed E-state index contributed by atoms with van der Waals surface area (Å²) in [7, 11) is 2.02. The Morgan fingerprint density at radius 2 is 2.13 bits per heavy atom. The van der Waals surface area contributed by atoms with Crippen LogP contribution in [0.15, 0.2) is 21.7 Å². The van der Waals surface area contributed by atoms with E-state index >= 15 is 0 Å². The molecule has 3 aliphatic rings. The molecule has 4 rings (SSSR count). The fourth-order valence-electron chi connectivity index (χ4n) is 4.85. The van der Waals surface area contributed by atoms with E-state index in [-0.39, 0.29) is 23.3 Å². The van der Waals surface area contributed by atoms with Crippen LogP contribution in [0.4, 0.5) is 0 Å². The Labute approximate surface area is 183 Å². The standard InChI is InChI=1S/C23H32N4O4/c1-16-17(4-7-24-2)12-19(31-16)21(28)25-14-18-13-23(18)5-8-27(9-6-23)22(29)20-15-26(3)10-11-30-20/h4,7,12,18,20H,2,5-6,8-11,13-15H2,1,3H3,(H,25,28)/b7-4-. The summed E-state index contributed by atoms with van der Waals surface area (Å²) in [6, 6.07) is 1.73. The van der Waals surface area contributed by atoms with Crippen molar-refractivity contribution in [2.24, 2.45) is 16.3 Å². The number of hydrogen-bond donors (Lipinski definition) is 1. The molecule has 1 aliphatic carbocycles. The molecule has 3 fully saturated rings. The van der Waals surface area contributed by atoms with Crippen LogP contribution in [0.2, 0.25) is 0 Å². The zero-order valence-electron chi connectivity index (χ0n) is 18.4. The van der Waals surface area contributed by atoms with Gasteiger partial charge in [0.25, 0.3) is 11.8 Å². The van der Waals surface area contributed by atoms with Crippen molar-refractivity contribution in [1.82, 2.24) is 15.1 Å². The van der Waals surface area contributed by atoms with E-state index in [1.54, 1.807) is 18.3 Å². The molecule has 168 valence electrons. The highest BCUT2D eigenvalue weighted by Gasteiger charge is 2.55. The molecule has 2 amide bonds. The number of likely N-dealkylation sites (N-methyl/N-ethyl adjacent to an activating group) is 1. The highest BCUT2D eigenvalue weighted by Crippen LogP contribution is 2.59. The number of rotatable bonds is 6. The molecular weight excluding hydrogens is 396 g/mol. The predicted octanol–water partition coefficient (Wildman–Crippen LogP) is 1.95. The number of nitrogens with zero attached hydrogens (tertiary/aromatic N) is 3. The van der Waals surface area contributed by atoms with E-state index in [4.69, 9.17) is 9.15 Å². The SMILES string of the molecule is C=N/C=C\c1cc(C(=O)NCC2CC23CCN(C(=O)C2CN(C)CCO2)CC3)oc1C. The molecular formula is C23H32N4O4. The first kappa shape index (κ1) is 21.8. The van der Waals surface area contributed by atoms with Crippen LogP contribution in [-0.4, -0.2) is 80.8 Å². The minimum atomic E-state index is -0.333. The van der Waals surface area contributed by atoms with Gasteiger partial charge in [-0.15, -0.1) is 0 Å². The minimum Gasteiger partial charge on any atom is -0.456 e. The largest absolute Gasteiger partial charge is 0.456 e. The number of morpholine rings is 1. The number of ether oxygens (including phenoxy) is 1. The van der Waals surface area contributed by atoms with Gasteiger partial charge in [0.2, 0.25) is 0 Å². The molecule has 0 aromatic carbocycles. The summed E-state index contributed by atoms with van der Waals surface area (Å²) >= 11 is 0. The molecule has 1 N–H and O–H groups in total. The van der Waals surface area contributed by atoms with E-state index in [1.165, 1.54) is 0 Å². The Morgan fingerprint density at radius 1 is 1.35 bits per heavy atom. The second kappa shape index (κ2) is 8.96. The van der Waals surface area contributed by atoms with E-state index in [9.17, 15) is 9.59 Å². The quantitative estimate of drug-likeness (QED) is 0.700. The van der Waals surface area contributed by atoms with Crippen molar-refractivity contribution >= 4 is 24.6 Å². The molecule has 2 aliphatic heterocycles. The molecule has 31 heavy (non-hydrogen) atoms. The van der Waals surface area contributed by atoms with E-state index in [0.717, 1.165) is 44.5 Å². The lowest BCUT2D eigenvalue weighted by Gasteiger charge is -2.37. The minimum absolute atomic E-state index is 0.122. The molecule has 1 spiro atoms. The number of furan rings is 1. The van der Waals surface area contributed by atoms with Gasteiger partial charge >= 0.3 is 0 Å². The van der Waals surface area contributed by atoms with Crippen molar-refractivity contribution in [3.63, 3.8) is 0 Å². The molecule has 1 saturated carbocycles. The van der Waals surface area contributed by atoms with E-state index in [1.807, 2.05) is 18.9 Å². The van der Waals surface area contributed by atoms with Crippen LogP contribution in [0.3, 0.4) is 0 Å². The number of aliphatic imine (C=N–C) groups is 1. The third kappa shape index (κ3) is 4.75. The number of aryl methyl sites for hydroxylation is 1. The number of hydrogen-bond acceptors (Lipinski definition) is 6. The first-order valence-corrected chi connectivity index (χ1v) is 11.0. The average Bonchev–Trinajstić information content (AvgIpc) is 3.30. The van der Waals surface area contributed by atoms with Gasteiger partial charge in [0, 0.05) is 44.5 Å². The second-order valence-electron chi connectivity index (χ2n) is 9.04. The predicted molar refractivity (Wildman–Crippen MR) is 118 cm³/mol. The summed E-state index contributed by atoms with van der Waals surface area (Å²) in [5, 5.41) is 3.02. The summed E-state index contributed by atoms with van der Waals surface area (Å²) in [4.78, 5) is 33.1. The van der Waals surface area contributed by atoms with Crippen molar-refractivity contribution < 1.29 is 18.7 Å². The van der Waals surface area contributed by atoms with Crippen LogP contribution >= 0.6 is 0 Å². The second-order valence-corrected chi connectivity index (χ2v) is 9.04. The van der Waals surface area contributed by atoms with Crippen molar-refractivity contribution in [3.8, 4) is 0 Å². The number of amides is 2. The fraction of sp³-hybridized carbons (Fsp3) is 0.609. The van der Waals surface area contributed by atoms with Gasteiger partial charge in [-0.3, -0.25) is 14.6 Å². The van der Waals surface area contributed by atoms with Crippen LogP contribution in [0, 0.1) is 18.3 Å². The van der Waals surface area contributed by atoms with E-state index in [0.29, 0.717) is 37.1 Å². The van der Waals surface area contributed by atoms with Crippen molar-refractivity contribution in [3.05, 3.63) is 29.4 Å². The zero-order valence-corrected chi connectivity index (χ0v) is 18.4. The third-order valence-corrected chi connectivity index (χ3v) is 7.02. The van der Waals surface area contributed by atoms with Crippen LogP contribution in [0.1, 0.15) is 41.1 Å². The van der Waals surface area contributed by atoms with Crippen molar-refractivity contribution in [2.75, 3.05) is 46.4 Å². The molecule has 3 heterocycles. The van der Waals surface area contributed by atoms with Crippen molar-refractivity contribution in [2.45, 2.75) is 32.3 Å². The number of piperidine rings is 1. The maximum Gasteiger partial charge on any atom is 0.287 e. The maximum absolute atomic E-state index is 12.8. The fourth-order valence-corrected chi connectivity index (χ4v) is 4.85. The summed E-state index contributed by atoms with van der Waals surface area (Å²) in [5.74, 6) is 1.39. The topological polar surface area (TPSA) is 87.4 Å². The molecule has 1 aromatic heterocycles. The molecule has 2 unspecified atom stereocenters. The lowest BCUT2D eigenvalue weighted by Crippen LogP contribution is -2.52. The maximum atomic E-state index is 12.8. The first-order chi connectivity index (χ1) is 14.9. The highest BCUT2D eigenvalue weighted by atomic mass is 16.5. The van der Waals surface area contributed by atoms with Gasteiger partial charge in [-0.1, -0.05) is 0 Å². The lowest BCUT2D eigenvalue weighted by molar-refractivity contribution is -0.150. The average molecular weight is 429 g/mol. The number of carbonyl (C=O) groups excluding carboxylic acids is 2. The number of nitrogens with one attached hydrogen (secondary N) is 1. The number of likely N-dealkylation sites (tertiary alicyclic amines) is 1. The van der Waals surface area contributed by atoms with Crippen LogP contribution in [0.5, 0.6) is 0 Å². The van der Waals surface area contributed by atoms with Crippen molar-refractivity contribution in [1.29, 1.82) is 0 Å². The molecule has 0 radical (unpaired) electrons. The molecule has 8 heteroatoms. The Morgan fingerprint density at radius 3 is 2.84 bits per heavy atom. The van der Waals surface area contributed by atoms with Gasteiger partial charge in [0.05, 0.1) is 6.61 Å². The summed E-state index contributed by atoms with van der Waals surface area (Å²) < 4.78 is 11.3. The van der Waals surface area contributed by atoms with Crippen LogP contribution < -0.4 is 5.32 Å². The van der Waals surface area contributed by atoms with Gasteiger partial charge in [0.1, 0.15) is 11.9 Å². The molecule has 1 aromatic rings. The molecule has 2 atom stereocenters. The highest BCUT2D eigenvalue weighted by molar-refractivity contribution is 5.92. The van der Waals surface area contributed by atoms with Gasteiger partial charge in [0.15, 0.2) is 5.76 Å².